The summed E-state index contributed by atoms with van der Waals surface area (Å²) in [6, 6.07) is 0.648. The van der Waals surface area contributed by atoms with Crippen molar-refractivity contribution in [3.8, 4) is 0 Å². The Labute approximate surface area is 327 Å². The topological polar surface area (TPSA) is 258 Å². The molecule has 0 unspecified atom stereocenters. The van der Waals surface area contributed by atoms with Crippen molar-refractivity contribution >= 4 is 61.4 Å². The van der Waals surface area contributed by atoms with E-state index in [9.17, 15) is 47.9 Å². The first-order chi connectivity index (χ1) is 25.6. The maximum atomic E-state index is 11.1. The number of aliphatic carboxylic acids is 1. The van der Waals surface area contributed by atoms with Crippen LogP contribution in [0.5, 0.6) is 0 Å². The predicted octanol–water partition coefficient (Wildman–Crippen LogP) is -3.35. The van der Waals surface area contributed by atoms with E-state index in [1.54, 1.807) is 45.0 Å². The van der Waals surface area contributed by atoms with Crippen molar-refractivity contribution < 1.29 is 53.1 Å². The number of carboxylic acid groups (broad SMARTS) is 1. The Balaban J connectivity index is -0.000000133. The van der Waals surface area contributed by atoms with E-state index in [0.717, 1.165) is 6.54 Å². The van der Waals surface area contributed by atoms with Gasteiger partial charge in [-0.05, 0) is 48.6 Å². The molecule has 0 rings (SSSR count). The lowest BCUT2D eigenvalue weighted by atomic mass is 10.4. The second-order valence-electron chi connectivity index (χ2n) is 11.9. The minimum absolute atomic E-state index is 0.0397. The largest absolute Gasteiger partial charge is 0.480 e. The molecule has 5 N–H and O–H groups in total. The van der Waals surface area contributed by atoms with Crippen LogP contribution < -0.4 is 21.3 Å². The average molecular weight is 795 g/mol. The highest BCUT2D eigenvalue weighted by Gasteiger charge is 2.08. The Morgan fingerprint density at radius 3 is 1.36 bits per heavy atom. The molecule has 0 aromatic heterocycles. The van der Waals surface area contributed by atoms with Crippen molar-refractivity contribution in [2.75, 3.05) is 122 Å². The third kappa shape index (κ3) is 61.3. The minimum atomic E-state index is -1.03. The van der Waals surface area contributed by atoms with E-state index in [1.165, 1.54) is 21.7 Å². The van der Waals surface area contributed by atoms with Crippen LogP contribution in [0.3, 0.4) is 0 Å². The van der Waals surface area contributed by atoms with E-state index in [0.29, 0.717) is 57.5 Å². The Kier molecular flexibility index (Phi) is 50.9. The van der Waals surface area contributed by atoms with Crippen LogP contribution in [0.25, 0.3) is 0 Å². The molecule has 21 nitrogen and oxygen atoms in total. The lowest BCUT2D eigenvalue weighted by Gasteiger charge is -2.17. The summed E-state index contributed by atoms with van der Waals surface area (Å²) in [6.45, 7) is 13.4. The van der Waals surface area contributed by atoms with Crippen LogP contribution in [0, 0.1) is 0 Å². The van der Waals surface area contributed by atoms with Crippen LogP contribution >= 0.6 is 0 Å². The Hall–Kier alpha value is -5.02. The molecule has 0 aliphatic heterocycles. The number of rotatable bonds is 21. The summed E-state index contributed by atoms with van der Waals surface area (Å²) in [5.74, 6) is -1.55. The number of hydrogen-bond donors (Lipinski definition) is 5. The molecule has 0 bridgehead atoms. The van der Waals surface area contributed by atoms with E-state index in [4.69, 9.17) is 5.11 Å². The molecule has 322 valence electrons. The normalized spacial score (nSPS) is 9.09. The van der Waals surface area contributed by atoms with Gasteiger partial charge in [0.25, 0.3) is 0 Å². The number of nitrogens with one attached hydrogen (secondary N) is 4. The summed E-state index contributed by atoms with van der Waals surface area (Å²) < 4.78 is 0. The summed E-state index contributed by atoms with van der Waals surface area (Å²) in [7, 11) is 13.5. The first-order valence-corrected chi connectivity index (χ1v) is 17.2. The lowest BCUT2D eigenvalue weighted by Crippen LogP contribution is -2.36. The Morgan fingerprint density at radius 1 is 0.600 bits per heavy atom. The maximum Gasteiger partial charge on any atom is 0.322 e. The van der Waals surface area contributed by atoms with Crippen LogP contribution in [0.1, 0.15) is 34.6 Å². The molecule has 0 aliphatic carbocycles. The summed E-state index contributed by atoms with van der Waals surface area (Å²) in [6.07, 6.45) is 2.98. The molecule has 21 heteroatoms. The van der Waals surface area contributed by atoms with Gasteiger partial charge in [0.05, 0.1) is 39.3 Å². The zero-order valence-corrected chi connectivity index (χ0v) is 35.2. The van der Waals surface area contributed by atoms with Crippen LogP contribution in [0.4, 0.5) is 0 Å². The molecule has 7 amide bonds. The van der Waals surface area contributed by atoms with Crippen molar-refractivity contribution in [3.05, 3.63) is 0 Å². The Bertz CT molecular complexity index is 1050. The highest BCUT2D eigenvalue weighted by Crippen LogP contribution is 1.85. The maximum absolute atomic E-state index is 11.1. The van der Waals surface area contributed by atoms with Gasteiger partial charge in [0, 0.05) is 47.3 Å². The highest BCUT2D eigenvalue weighted by atomic mass is 16.4. The summed E-state index contributed by atoms with van der Waals surface area (Å²) in [5, 5.41) is 18.5. The van der Waals surface area contributed by atoms with Crippen molar-refractivity contribution in [1.29, 1.82) is 0 Å². The fraction of sp³-hybridized carbons (Fsp3) is 0.706. The third-order valence-electron chi connectivity index (χ3n) is 5.46. The van der Waals surface area contributed by atoms with Gasteiger partial charge < -0.3 is 65.4 Å². The fourth-order valence-electron chi connectivity index (χ4n) is 2.65. The van der Waals surface area contributed by atoms with Gasteiger partial charge in [-0.3, -0.25) is 38.4 Å². The van der Waals surface area contributed by atoms with Crippen molar-refractivity contribution in [2.24, 2.45) is 0 Å². The molecule has 0 saturated heterocycles. The van der Waals surface area contributed by atoms with Crippen LogP contribution in [-0.4, -0.2) is 224 Å². The quantitative estimate of drug-likeness (QED) is 0.0712. The molecule has 0 heterocycles. The molecule has 0 aromatic rings. The van der Waals surface area contributed by atoms with Crippen molar-refractivity contribution in [1.82, 2.24) is 50.7 Å². The number of likely N-dealkylation sites (N-methyl/N-ethyl adjacent to an activating group) is 7. The van der Waals surface area contributed by atoms with Gasteiger partial charge in [0.2, 0.25) is 42.9 Å². The standard InChI is InChI=1S/C7H14N2O2.C6H12N2O3.C6H10N2O3.C6H14N2O.C5H13N.C4H7NO2/c1-4-9(3)7(11)5-8(2)6-10;1-8(2)4-5(9)7-3-6(10)11;1-8(2-3-9)6(11)4-7-5-10;1-4-7-6(9)5-8(2)3;1-4-6-5(2)3;1-5(4-7)2-3-6/h6H,4-5H2,1-3H3;3-4H2,1-2H3,(H,7,9)(H,10,11);3,5H,2,4H2,1H3,(H,7,10);4-5H2,1-3H3,(H,7,9);5-6H,4H2,1-3H3;3-4H,2H2,1H3. The molecule has 0 spiro atoms. The number of carbonyl (C=O) groups is 10. The van der Waals surface area contributed by atoms with Gasteiger partial charge in [0.1, 0.15) is 19.1 Å². The zero-order chi connectivity index (χ0) is 44.4. The van der Waals surface area contributed by atoms with E-state index >= 15 is 0 Å². The first kappa shape index (κ1) is 62.0. The monoisotopic (exact) mass is 795 g/mol. The molecular formula is C34H70N10O11. The molecule has 0 fully saturated rings. The van der Waals surface area contributed by atoms with Crippen LogP contribution in [-0.2, 0) is 47.9 Å². The van der Waals surface area contributed by atoms with E-state index in [2.05, 4.69) is 42.0 Å². The number of amides is 7. The smallest absolute Gasteiger partial charge is 0.322 e. The molecule has 0 saturated carbocycles. The second kappa shape index (κ2) is 45.1. The van der Waals surface area contributed by atoms with Crippen molar-refractivity contribution in [3.63, 3.8) is 0 Å². The van der Waals surface area contributed by atoms with Gasteiger partial charge in [0.15, 0.2) is 0 Å². The Morgan fingerprint density at radius 2 is 1.07 bits per heavy atom. The molecule has 0 aromatic carbocycles. The zero-order valence-electron chi connectivity index (χ0n) is 35.2. The first-order valence-electron chi connectivity index (χ1n) is 17.2. The van der Waals surface area contributed by atoms with Gasteiger partial charge in [-0.2, -0.15) is 0 Å². The minimum Gasteiger partial charge on any atom is -0.480 e. The predicted molar refractivity (Wildman–Crippen MR) is 210 cm³/mol. The number of carboxylic acids is 1. The number of carbonyl (C=O) groups excluding carboxylic acids is 9. The molecular weight excluding hydrogens is 724 g/mol. The van der Waals surface area contributed by atoms with Crippen LogP contribution in [0.2, 0.25) is 0 Å². The number of nitrogens with zero attached hydrogens (tertiary/aromatic N) is 6. The summed E-state index contributed by atoms with van der Waals surface area (Å²) in [5.41, 5.74) is 0. The van der Waals surface area contributed by atoms with Gasteiger partial charge in [-0.25, -0.2) is 0 Å². The van der Waals surface area contributed by atoms with E-state index in [1.807, 2.05) is 32.8 Å². The highest BCUT2D eigenvalue weighted by molar-refractivity contribution is 5.82. The average Bonchev–Trinajstić information content (AvgIpc) is 3.10. The lowest BCUT2D eigenvalue weighted by molar-refractivity contribution is -0.138. The fourth-order valence-corrected chi connectivity index (χ4v) is 2.65. The molecule has 0 aliphatic rings. The van der Waals surface area contributed by atoms with Crippen LogP contribution in [0.15, 0.2) is 0 Å². The number of hydrogen-bond acceptors (Lipinski definition) is 13. The van der Waals surface area contributed by atoms with Crippen molar-refractivity contribution in [2.45, 2.75) is 40.7 Å². The molecule has 0 radical (unpaired) electrons. The SMILES string of the molecule is CCN(C)C(=O)CN(C)C=O.CCNC(=O)CN(C)C.CCNC(C)C.CN(C)CC(=O)NCC(=O)O.CN(C=O)CC=O.CN(CC=O)C(=O)CNC=O. The summed E-state index contributed by atoms with van der Waals surface area (Å²) >= 11 is 0. The van der Waals surface area contributed by atoms with Gasteiger partial charge in [-0.15, -0.1) is 0 Å². The van der Waals surface area contributed by atoms with E-state index < -0.39 is 5.97 Å². The number of aldehydes is 2. The van der Waals surface area contributed by atoms with Gasteiger partial charge in [-0.1, -0.05) is 20.8 Å². The van der Waals surface area contributed by atoms with E-state index in [-0.39, 0.29) is 62.9 Å². The van der Waals surface area contributed by atoms with Gasteiger partial charge >= 0.3 is 5.97 Å². The summed E-state index contributed by atoms with van der Waals surface area (Å²) in [4.78, 5) is 111. The second-order valence-corrected chi connectivity index (χ2v) is 11.9. The molecule has 0 atom stereocenters. The molecule has 55 heavy (non-hydrogen) atoms. The third-order valence-corrected chi connectivity index (χ3v) is 5.46.